The average molecular weight is 345 g/mol. The second kappa shape index (κ2) is 7.03. The van der Waals surface area contributed by atoms with E-state index < -0.39 is 0 Å². The molecular weight excluding hydrogens is 333 g/mol. The maximum absolute atomic E-state index is 12.1. The Morgan fingerprint density at radius 2 is 1.81 bits per heavy atom. The van der Waals surface area contributed by atoms with Crippen LogP contribution in [0, 0.1) is 0 Å². The smallest absolute Gasteiger partial charge is 0.251 e. The number of benzene rings is 2. The van der Waals surface area contributed by atoms with Gasteiger partial charge in [0.1, 0.15) is 0 Å². The van der Waals surface area contributed by atoms with Crippen LogP contribution in [0.2, 0.25) is 15.1 Å². The highest BCUT2D eigenvalue weighted by molar-refractivity contribution is 6.37. The molecule has 0 saturated carbocycles. The zero-order chi connectivity index (χ0) is 15.4. The average Bonchev–Trinajstić information content (AvgIpc) is 2.44. The van der Waals surface area contributed by atoms with Gasteiger partial charge in [-0.25, -0.2) is 0 Å². The highest BCUT2D eigenvalue weighted by atomic mass is 35.5. The third kappa shape index (κ3) is 4.03. The van der Waals surface area contributed by atoms with E-state index in [0.29, 0.717) is 22.9 Å². The molecule has 1 amide bonds. The largest absolute Gasteiger partial charge is 0.494 e. The van der Waals surface area contributed by atoms with Crippen LogP contribution in [0.25, 0.3) is 0 Å². The fourth-order valence-corrected chi connectivity index (χ4v) is 2.67. The van der Waals surface area contributed by atoms with E-state index in [-0.39, 0.29) is 16.0 Å². The summed E-state index contributed by atoms with van der Waals surface area (Å²) in [6, 6.07) is 10.3. The molecule has 0 bridgehead atoms. The van der Waals surface area contributed by atoms with Crippen molar-refractivity contribution < 1.29 is 9.53 Å². The number of carbonyl (C=O) groups excluding carboxylic acids is 1. The van der Waals surface area contributed by atoms with E-state index in [4.69, 9.17) is 39.5 Å². The normalized spacial score (nSPS) is 10.3. The van der Waals surface area contributed by atoms with E-state index in [1.54, 1.807) is 12.1 Å². The van der Waals surface area contributed by atoms with Gasteiger partial charge in [-0.2, -0.15) is 0 Å². The summed E-state index contributed by atoms with van der Waals surface area (Å²) in [5.41, 5.74) is 1.27. The molecule has 0 heterocycles. The lowest BCUT2D eigenvalue weighted by Gasteiger charge is -2.09. The van der Waals surface area contributed by atoms with Crippen molar-refractivity contribution in [3.63, 3.8) is 0 Å². The second-order valence-corrected chi connectivity index (χ2v) is 5.54. The van der Waals surface area contributed by atoms with Gasteiger partial charge in [0.2, 0.25) is 0 Å². The van der Waals surface area contributed by atoms with Gasteiger partial charge >= 0.3 is 0 Å². The first-order valence-corrected chi connectivity index (χ1v) is 7.20. The molecule has 0 fully saturated rings. The van der Waals surface area contributed by atoms with Gasteiger partial charge in [-0.05, 0) is 29.8 Å². The summed E-state index contributed by atoms with van der Waals surface area (Å²) in [5.74, 6) is 0.0751. The predicted molar refractivity (Wildman–Crippen MR) is 85.6 cm³/mol. The van der Waals surface area contributed by atoms with Crippen molar-refractivity contribution >= 4 is 40.7 Å². The van der Waals surface area contributed by atoms with Crippen molar-refractivity contribution in [3.8, 4) is 5.75 Å². The van der Waals surface area contributed by atoms with Crippen LogP contribution in [-0.4, -0.2) is 13.0 Å². The molecule has 0 saturated heterocycles. The Balaban J connectivity index is 2.10. The molecule has 0 radical (unpaired) electrons. The molecule has 0 unspecified atom stereocenters. The maximum Gasteiger partial charge on any atom is 0.251 e. The second-order valence-electron chi connectivity index (χ2n) is 4.29. The van der Waals surface area contributed by atoms with Gasteiger partial charge < -0.3 is 10.1 Å². The van der Waals surface area contributed by atoms with Crippen LogP contribution in [0.5, 0.6) is 5.75 Å². The zero-order valence-corrected chi connectivity index (χ0v) is 13.4. The van der Waals surface area contributed by atoms with Crippen molar-refractivity contribution in [1.82, 2.24) is 5.32 Å². The first-order chi connectivity index (χ1) is 10.0. The van der Waals surface area contributed by atoms with E-state index in [0.717, 1.165) is 5.56 Å². The molecule has 0 atom stereocenters. The highest BCUT2D eigenvalue weighted by Crippen LogP contribution is 2.33. The van der Waals surface area contributed by atoms with Crippen LogP contribution in [0.1, 0.15) is 15.9 Å². The number of methoxy groups -OCH3 is 1. The lowest BCUT2D eigenvalue weighted by molar-refractivity contribution is 0.0951. The zero-order valence-electron chi connectivity index (χ0n) is 11.1. The molecule has 0 aliphatic heterocycles. The van der Waals surface area contributed by atoms with E-state index in [1.165, 1.54) is 19.2 Å². The number of carbonyl (C=O) groups is 1. The number of ether oxygens (including phenoxy) is 1. The van der Waals surface area contributed by atoms with Crippen LogP contribution >= 0.6 is 34.8 Å². The number of nitrogens with one attached hydrogen (secondary N) is 1. The van der Waals surface area contributed by atoms with Crippen molar-refractivity contribution in [1.29, 1.82) is 0 Å². The molecule has 2 aromatic carbocycles. The lowest BCUT2D eigenvalue weighted by Crippen LogP contribution is -2.22. The number of rotatable bonds is 4. The number of hydrogen-bond donors (Lipinski definition) is 1. The molecule has 3 nitrogen and oxygen atoms in total. The monoisotopic (exact) mass is 343 g/mol. The molecule has 0 aromatic heterocycles. The van der Waals surface area contributed by atoms with Crippen LogP contribution in [0.4, 0.5) is 0 Å². The molecule has 0 aliphatic carbocycles. The summed E-state index contributed by atoms with van der Waals surface area (Å²) < 4.78 is 5.04. The third-order valence-electron chi connectivity index (χ3n) is 2.81. The van der Waals surface area contributed by atoms with Gasteiger partial charge in [0.15, 0.2) is 5.75 Å². The highest BCUT2D eigenvalue weighted by Gasteiger charge is 2.13. The maximum atomic E-state index is 12.1. The standard InChI is InChI=1S/C15H12Cl3NO2/c1-21-14-12(17)6-10(7-13(14)18)15(20)19-8-9-3-2-4-11(16)5-9/h2-7H,8H2,1H3,(H,19,20). The van der Waals surface area contributed by atoms with E-state index >= 15 is 0 Å². The molecule has 21 heavy (non-hydrogen) atoms. The molecule has 6 heteroatoms. The summed E-state index contributed by atoms with van der Waals surface area (Å²) in [7, 11) is 1.46. The Labute approximate surface area is 137 Å². The van der Waals surface area contributed by atoms with Crippen molar-refractivity contribution in [2.24, 2.45) is 0 Å². The molecular formula is C15H12Cl3NO2. The summed E-state index contributed by atoms with van der Waals surface area (Å²) in [6.45, 7) is 0.362. The molecule has 2 aromatic rings. The minimum absolute atomic E-state index is 0.276. The van der Waals surface area contributed by atoms with Crippen LogP contribution in [0.3, 0.4) is 0 Å². The fourth-order valence-electron chi connectivity index (χ4n) is 1.82. The molecule has 0 spiro atoms. The molecule has 2 rings (SSSR count). The fraction of sp³-hybridized carbons (Fsp3) is 0.133. The number of amides is 1. The Bertz CT molecular complexity index is 651. The van der Waals surface area contributed by atoms with Crippen molar-refractivity contribution in [2.45, 2.75) is 6.54 Å². The molecule has 1 N–H and O–H groups in total. The van der Waals surface area contributed by atoms with Crippen LogP contribution in [-0.2, 0) is 6.54 Å². The van der Waals surface area contributed by atoms with Gasteiger partial charge in [0, 0.05) is 17.1 Å². The van der Waals surface area contributed by atoms with E-state index in [9.17, 15) is 4.79 Å². The topological polar surface area (TPSA) is 38.3 Å². The summed E-state index contributed by atoms with van der Waals surface area (Å²) in [4.78, 5) is 12.1. The van der Waals surface area contributed by atoms with Gasteiger partial charge in [-0.1, -0.05) is 46.9 Å². The molecule has 0 aliphatic rings. The SMILES string of the molecule is COc1c(Cl)cc(C(=O)NCc2cccc(Cl)c2)cc1Cl. The third-order valence-corrected chi connectivity index (χ3v) is 3.60. The van der Waals surface area contributed by atoms with Crippen LogP contribution < -0.4 is 10.1 Å². The quantitative estimate of drug-likeness (QED) is 0.881. The Kier molecular flexibility index (Phi) is 5.34. The Hall–Kier alpha value is -1.42. The van der Waals surface area contributed by atoms with Crippen molar-refractivity contribution in [2.75, 3.05) is 7.11 Å². The lowest BCUT2D eigenvalue weighted by atomic mass is 10.2. The molecule has 110 valence electrons. The minimum atomic E-state index is -0.276. The summed E-state index contributed by atoms with van der Waals surface area (Å²) >= 11 is 17.9. The van der Waals surface area contributed by atoms with Gasteiger partial charge in [0.05, 0.1) is 17.2 Å². The van der Waals surface area contributed by atoms with Gasteiger partial charge in [0.25, 0.3) is 5.91 Å². The summed E-state index contributed by atoms with van der Waals surface area (Å²) in [6.07, 6.45) is 0. The summed E-state index contributed by atoms with van der Waals surface area (Å²) in [5, 5.41) is 3.98. The first-order valence-electron chi connectivity index (χ1n) is 6.07. The van der Waals surface area contributed by atoms with Gasteiger partial charge in [-0.3, -0.25) is 4.79 Å². The van der Waals surface area contributed by atoms with Gasteiger partial charge in [-0.15, -0.1) is 0 Å². The minimum Gasteiger partial charge on any atom is -0.494 e. The Morgan fingerprint density at radius 3 is 2.38 bits per heavy atom. The number of halogens is 3. The Morgan fingerprint density at radius 1 is 1.14 bits per heavy atom. The van der Waals surface area contributed by atoms with E-state index in [2.05, 4.69) is 5.32 Å². The van der Waals surface area contributed by atoms with E-state index in [1.807, 2.05) is 12.1 Å². The van der Waals surface area contributed by atoms with Crippen molar-refractivity contribution in [3.05, 3.63) is 62.6 Å². The van der Waals surface area contributed by atoms with Crippen LogP contribution in [0.15, 0.2) is 36.4 Å². The number of hydrogen-bond acceptors (Lipinski definition) is 2. The first kappa shape index (κ1) is 16.0. The predicted octanol–water partition coefficient (Wildman–Crippen LogP) is 4.59.